The summed E-state index contributed by atoms with van der Waals surface area (Å²) < 4.78 is 20.2. The van der Waals surface area contributed by atoms with Crippen molar-refractivity contribution < 1.29 is 33.3 Å². The van der Waals surface area contributed by atoms with E-state index in [0.717, 1.165) is 20.5 Å². The van der Waals surface area contributed by atoms with Crippen LogP contribution in [0, 0.1) is 0 Å². The van der Waals surface area contributed by atoms with E-state index in [1.165, 1.54) is 12.1 Å². The Morgan fingerprint density at radius 3 is 2.54 bits per heavy atom. The number of esters is 2. The molecular formula is C16H11ClO7. The molecule has 1 aromatic carbocycles. The number of ketones is 1. The molecule has 1 unspecified atom stereocenters. The van der Waals surface area contributed by atoms with Gasteiger partial charge in [0, 0.05) is 5.02 Å². The molecule has 0 amide bonds. The molecule has 0 N–H and O–H groups in total. The summed E-state index contributed by atoms with van der Waals surface area (Å²) >= 11 is 5.90. The number of hydrogen-bond donors (Lipinski definition) is 0. The molecule has 0 spiro atoms. The molecule has 0 radical (unpaired) electrons. The number of hydrogen-bond acceptors (Lipinski definition) is 7. The van der Waals surface area contributed by atoms with E-state index in [1.54, 1.807) is 6.07 Å². The van der Waals surface area contributed by atoms with Gasteiger partial charge in [-0.1, -0.05) is 11.6 Å². The van der Waals surface area contributed by atoms with Gasteiger partial charge in [-0.25, -0.2) is 9.59 Å². The minimum atomic E-state index is -1.14. The highest BCUT2D eigenvalue weighted by Gasteiger charge is 2.44. The van der Waals surface area contributed by atoms with Crippen LogP contribution in [0.1, 0.15) is 10.4 Å². The molecule has 0 aliphatic carbocycles. The maximum absolute atomic E-state index is 12.6. The Labute approximate surface area is 141 Å². The fourth-order valence-corrected chi connectivity index (χ4v) is 2.61. The summed E-state index contributed by atoms with van der Waals surface area (Å²) in [7, 11) is 2.28. The average Bonchev–Trinajstić information content (AvgIpc) is 2.60. The Hall–Kier alpha value is -2.80. The van der Waals surface area contributed by atoms with Crippen LogP contribution >= 0.6 is 11.6 Å². The zero-order valence-corrected chi connectivity index (χ0v) is 13.4. The number of methoxy groups -OCH3 is 2. The number of Topliss-reactive ketones (excluding diaryl/α,β-unsaturated/α-hetero) is 1. The first-order chi connectivity index (χ1) is 11.5. The van der Waals surface area contributed by atoms with Crippen LogP contribution in [-0.4, -0.2) is 38.0 Å². The molecule has 0 saturated heterocycles. The third-order valence-electron chi connectivity index (χ3n) is 3.56. The van der Waals surface area contributed by atoms with Crippen LogP contribution in [0.25, 0.3) is 0 Å². The number of halogens is 1. The second-order valence-corrected chi connectivity index (χ2v) is 5.32. The fraction of sp³-hybridized carbons (Fsp3) is 0.188. The first-order valence-electron chi connectivity index (χ1n) is 6.76. The van der Waals surface area contributed by atoms with Crippen LogP contribution in [0.4, 0.5) is 0 Å². The smallest absolute Gasteiger partial charge is 0.374 e. The minimum absolute atomic E-state index is 0.0535. The molecule has 1 atom stereocenters. The molecule has 8 heteroatoms. The summed E-state index contributed by atoms with van der Waals surface area (Å²) in [6.07, 6.45) is -0.0725. The Bertz CT molecular complexity index is 822. The molecule has 3 rings (SSSR count). The van der Waals surface area contributed by atoms with Crippen LogP contribution in [0.3, 0.4) is 0 Å². The van der Waals surface area contributed by atoms with E-state index in [1.807, 2.05) is 0 Å². The average molecular weight is 351 g/mol. The highest BCUT2D eigenvalue weighted by molar-refractivity contribution is 6.31. The van der Waals surface area contributed by atoms with E-state index in [4.69, 9.17) is 21.1 Å². The van der Waals surface area contributed by atoms with Crippen molar-refractivity contribution in [3.05, 3.63) is 52.0 Å². The van der Waals surface area contributed by atoms with Crippen LogP contribution in [0.2, 0.25) is 5.02 Å². The van der Waals surface area contributed by atoms with Gasteiger partial charge >= 0.3 is 11.9 Å². The van der Waals surface area contributed by atoms with E-state index in [2.05, 4.69) is 9.47 Å². The predicted octanol–water partition coefficient (Wildman–Crippen LogP) is 1.80. The second-order valence-electron chi connectivity index (χ2n) is 4.88. The number of benzene rings is 1. The standard InChI is InChI=1S/C16H11ClO7/c1-21-15(19)11-13-9(6-23-14(11)16(20)22-2)12(18)8-5-7(17)3-4-10(8)24-13/h3-6,13H,1-2H3. The normalized spacial score (nSPS) is 18.5. The molecule has 0 bridgehead atoms. The first kappa shape index (κ1) is 16.1. The molecule has 0 saturated carbocycles. The molecule has 0 fully saturated rings. The van der Waals surface area contributed by atoms with Crippen molar-refractivity contribution in [1.29, 1.82) is 0 Å². The summed E-state index contributed by atoms with van der Waals surface area (Å²) in [4.78, 5) is 36.6. The summed E-state index contributed by atoms with van der Waals surface area (Å²) in [6.45, 7) is 0. The van der Waals surface area contributed by atoms with Gasteiger partial charge < -0.3 is 18.9 Å². The van der Waals surface area contributed by atoms with E-state index in [9.17, 15) is 14.4 Å². The number of ether oxygens (including phenoxy) is 4. The SMILES string of the molecule is COC(=O)C1=C(C(=O)OC)C2Oc3ccc(Cl)cc3C(=O)C2=CO1. The lowest BCUT2D eigenvalue weighted by Crippen LogP contribution is -2.39. The molecule has 2 aliphatic heterocycles. The van der Waals surface area contributed by atoms with Crippen molar-refractivity contribution in [2.45, 2.75) is 6.10 Å². The summed E-state index contributed by atoms with van der Waals surface area (Å²) in [6, 6.07) is 4.51. The zero-order valence-electron chi connectivity index (χ0n) is 12.6. The maximum Gasteiger partial charge on any atom is 0.374 e. The lowest BCUT2D eigenvalue weighted by molar-refractivity contribution is -0.142. The molecule has 0 aromatic heterocycles. The third-order valence-corrected chi connectivity index (χ3v) is 3.80. The molecule has 24 heavy (non-hydrogen) atoms. The number of rotatable bonds is 2. The Kier molecular flexibility index (Phi) is 4.02. The van der Waals surface area contributed by atoms with Crippen molar-refractivity contribution in [2.24, 2.45) is 0 Å². The summed E-state index contributed by atoms with van der Waals surface area (Å²) in [5, 5.41) is 0.362. The molecule has 2 heterocycles. The van der Waals surface area contributed by atoms with Gasteiger partial charge in [0.15, 0.2) is 11.9 Å². The monoisotopic (exact) mass is 350 g/mol. The van der Waals surface area contributed by atoms with Gasteiger partial charge in [0.2, 0.25) is 5.76 Å². The minimum Gasteiger partial charge on any atom is -0.479 e. The van der Waals surface area contributed by atoms with Gasteiger partial charge in [0.1, 0.15) is 17.6 Å². The van der Waals surface area contributed by atoms with Gasteiger partial charge in [-0.15, -0.1) is 0 Å². The molecule has 2 aliphatic rings. The van der Waals surface area contributed by atoms with Gasteiger partial charge in [-0.2, -0.15) is 0 Å². The molecule has 7 nitrogen and oxygen atoms in total. The Balaban J connectivity index is 2.14. The second kappa shape index (κ2) is 6.01. The van der Waals surface area contributed by atoms with Crippen LogP contribution in [0.5, 0.6) is 5.75 Å². The maximum atomic E-state index is 12.6. The number of fused-ring (bicyclic) bond motifs is 2. The fourth-order valence-electron chi connectivity index (χ4n) is 2.44. The van der Waals surface area contributed by atoms with Gasteiger partial charge in [-0.3, -0.25) is 4.79 Å². The molecular weight excluding hydrogens is 340 g/mol. The van der Waals surface area contributed by atoms with E-state index >= 15 is 0 Å². The van der Waals surface area contributed by atoms with Gasteiger partial charge in [-0.05, 0) is 18.2 Å². The highest BCUT2D eigenvalue weighted by Crippen LogP contribution is 2.38. The predicted molar refractivity (Wildman–Crippen MR) is 80.4 cm³/mol. The van der Waals surface area contributed by atoms with Crippen molar-refractivity contribution >= 4 is 29.3 Å². The van der Waals surface area contributed by atoms with E-state index in [0.29, 0.717) is 5.02 Å². The lowest BCUT2D eigenvalue weighted by atomic mass is 9.90. The molecule has 1 aromatic rings. The largest absolute Gasteiger partial charge is 0.479 e. The van der Waals surface area contributed by atoms with Crippen LogP contribution in [0.15, 0.2) is 41.4 Å². The van der Waals surface area contributed by atoms with E-state index in [-0.39, 0.29) is 28.2 Å². The van der Waals surface area contributed by atoms with E-state index < -0.39 is 23.8 Å². The highest BCUT2D eigenvalue weighted by atomic mass is 35.5. The first-order valence-corrected chi connectivity index (χ1v) is 7.14. The van der Waals surface area contributed by atoms with Crippen molar-refractivity contribution in [2.75, 3.05) is 14.2 Å². The Morgan fingerprint density at radius 2 is 1.88 bits per heavy atom. The van der Waals surface area contributed by atoms with Crippen molar-refractivity contribution in [1.82, 2.24) is 0 Å². The Morgan fingerprint density at radius 1 is 1.17 bits per heavy atom. The third kappa shape index (κ3) is 2.43. The number of carbonyl (C=O) groups is 3. The lowest BCUT2D eigenvalue weighted by Gasteiger charge is -2.31. The van der Waals surface area contributed by atoms with Crippen molar-refractivity contribution in [3.63, 3.8) is 0 Å². The summed E-state index contributed by atoms with van der Waals surface area (Å²) in [5.41, 5.74) is 0.0490. The zero-order chi connectivity index (χ0) is 17.4. The summed E-state index contributed by atoms with van der Waals surface area (Å²) in [5.74, 6) is -2.32. The van der Waals surface area contributed by atoms with Crippen LogP contribution < -0.4 is 4.74 Å². The number of carbonyl (C=O) groups excluding carboxylic acids is 3. The van der Waals surface area contributed by atoms with Crippen molar-refractivity contribution in [3.8, 4) is 5.75 Å². The van der Waals surface area contributed by atoms with Gasteiger partial charge in [0.25, 0.3) is 0 Å². The van der Waals surface area contributed by atoms with Crippen LogP contribution in [-0.2, 0) is 23.8 Å². The quantitative estimate of drug-likeness (QED) is 0.751. The van der Waals surface area contributed by atoms with Gasteiger partial charge in [0.05, 0.1) is 25.4 Å². The topological polar surface area (TPSA) is 88.1 Å². The molecule has 124 valence electrons.